The summed E-state index contributed by atoms with van der Waals surface area (Å²) in [5.74, 6) is -2.57. The fraction of sp³-hybridized carbons (Fsp3) is 0.615. The van der Waals surface area contributed by atoms with E-state index in [1.807, 2.05) is 19.1 Å². The van der Waals surface area contributed by atoms with E-state index in [0.29, 0.717) is 24.5 Å². The Balaban J connectivity index is 2.33. The topological polar surface area (TPSA) is 38.9 Å². The summed E-state index contributed by atoms with van der Waals surface area (Å²) in [5.41, 5.74) is 7.02. The lowest BCUT2D eigenvalue weighted by atomic mass is 9.69. The minimum atomic E-state index is -2.57. The number of nitrogens with two attached hydrogens (primary N) is 1. The monoisotopic (exact) mass is 274 g/mol. The predicted octanol–water partition coefficient (Wildman–Crippen LogP) is 3.45. The average Bonchev–Trinajstić information content (AvgIpc) is 2.31. The maximum absolute atomic E-state index is 13.3. The van der Waals surface area contributed by atoms with Gasteiger partial charge in [0.1, 0.15) is 5.15 Å². The van der Waals surface area contributed by atoms with Gasteiger partial charge in [0.2, 0.25) is 5.92 Å². The molecule has 0 amide bonds. The SMILES string of the molecule is Cc1ccc(C2(CN)CCC(F)(F)CC2)c(Cl)n1. The van der Waals surface area contributed by atoms with Crippen molar-refractivity contribution in [1.82, 2.24) is 4.98 Å². The van der Waals surface area contributed by atoms with Crippen LogP contribution in [0.15, 0.2) is 12.1 Å². The summed E-state index contributed by atoms with van der Waals surface area (Å²) >= 11 is 6.15. The molecule has 1 heterocycles. The van der Waals surface area contributed by atoms with Gasteiger partial charge in [-0.1, -0.05) is 17.7 Å². The highest BCUT2D eigenvalue weighted by atomic mass is 35.5. The molecule has 5 heteroatoms. The van der Waals surface area contributed by atoms with Crippen molar-refractivity contribution in [1.29, 1.82) is 0 Å². The number of hydrogen-bond acceptors (Lipinski definition) is 2. The van der Waals surface area contributed by atoms with Crippen LogP contribution in [0.5, 0.6) is 0 Å². The average molecular weight is 275 g/mol. The van der Waals surface area contributed by atoms with Crippen LogP contribution in [0.1, 0.15) is 36.9 Å². The smallest absolute Gasteiger partial charge is 0.248 e. The molecule has 100 valence electrons. The van der Waals surface area contributed by atoms with Crippen molar-refractivity contribution in [3.05, 3.63) is 28.5 Å². The molecule has 0 saturated heterocycles. The van der Waals surface area contributed by atoms with E-state index in [1.54, 1.807) is 0 Å². The van der Waals surface area contributed by atoms with Gasteiger partial charge in [0.15, 0.2) is 0 Å². The standard InChI is InChI=1S/C13H17ClF2N2/c1-9-2-3-10(11(14)18-9)12(8-17)4-6-13(15,16)7-5-12/h2-3H,4-8,17H2,1H3. The molecule has 1 saturated carbocycles. The molecule has 1 aromatic rings. The van der Waals surface area contributed by atoms with E-state index in [9.17, 15) is 8.78 Å². The van der Waals surface area contributed by atoms with Crippen molar-refractivity contribution in [2.75, 3.05) is 6.54 Å². The maximum atomic E-state index is 13.3. The first kappa shape index (κ1) is 13.7. The molecule has 1 aliphatic carbocycles. The molecule has 2 nitrogen and oxygen atoms in total. The number of rotatable bonds is 2. The van der Waals surface area contributed by atoms with Gasteiger partial charge in [-0.25, -0.2) is 13.8 Å². The Morgan fingerprint density at radius 3 is 2.39 bits per heavy atom. The predicted molar refractivity (Wildman–Crippen MR) is 68.1 cm³/mol. The van der Waals surface area contributed by atoms with Crippen LogP contribution in [-0.2, 0) is 5.41 Å². The van der Waals surface area contributed by atoms with Crippen LogP contribution < -0.4 is 5.73 Å². The van der Waals surface area contributed by atoms with Crippen molar-refractivity contribution in [2.45, 2.75) is 43.9 Å². The summed E-state index contributed by atoms with van der Waals surface area (Å²) in [4.78, 5) is 4.20. The second-order valence-electron chi connectivity index (χ2n) is 5.13. The summed E-state index contributed by atoms with van der Waals surface area (Å²) in [6.07, 6.45) is 0.463. The molecule has 0 atom stereocenters. The molecular formula is C13H17ClF2N2. The Labute approximate surface area is 111 Å². The van der Waals surface area contributed by atoms with Crippen LogP contribution in [0.4, 0.5) is 8.78 Å². The van der Waals surface area contributed by atoms with Crippen molar-refractivity contribution in [3.63, 3.8) is 0 Å². The molecule has 0 bridgehead atoms. The highest BCUT2D eigenvalue weighted by Gasteiger charge is 2.44. The molecule has 1 aliphatic rings. The first-order chi connectivity index (χ1) is 8.38. The van der Waals surface area contributed by atoms with Gasteiger partial charge in [-0.15, -0.1) is 0 Å². The van der Waals surface area contributed by atoms with Crippen LogP contribution in [0.25, 0.3) is 0 Å². The van der Waals surface area contributed by atoms with Gasteiger partial charge in [0, 0.05) is 30.5 Å². The second-order valence-corrected chi connectivity index (χ2v) is 5.49. The van der Waals surface area contributed by atoms with E-state index in [4.69, 9.17) is 17.3 Å². The third-order valence-electron chi connectivity index (χ3n) is 3.89. The molecule has 1 aromatic heterocycles. The molecule has 0 spiro atoms. The highest BCUT2D eigenvalue weighted by molar-refractivity contribution is 6.30. The molecule has 18 heavy (non-hydrogen) atoms. The van der Waals surface area contributed by atoms with E-state index in [1.165, 1.54) is 0 Å². The lowest BCUT2D eigenvalue weighted by Crippen LogP contribution is -2.42. The number of alkyl halides is 2. The number of aromatic nitrogens is 1. The molecular weight excluding hydrogens is 258 g/mol. The Morgan fingerprint density at radius 1 is 1.28 bits per heavy atom. The first-order valence-electron chi connectivity index (χ1n) is 6.10. The quantitative estimate of drug-likeness (QED) is 0.839. The Hall–Kier alpha value is -0.740. The zero-order valence-electron chi connectivity index (χ0n) is 10.3. The largest absolute Gasteiger partial charge is 0.330 e. The zero-order valence-corrected chi connectivity index (χ0v) is 11.1. The van der Waals surface area contributed by atoms with Gasteiger partial charge >= 0.3 is 0 Å². The molecule has 0 radical (unpaired) electrons. The van der Waals surface area contributed by atoms with Gasteiger partial charge in [-0.3, -0.25) is 0 Å². The second kappa shape index (κ2) is 4.74. The molecule has 2 rings (SSSR count). The summed E-state index contributed by atoms with van der Waals surface area (Å²) in [6.45, 7) is 2.17. The Bertz CT molecular complexity index is 439. The zero-order chi connectivity index (χ0) is 13.4. The van der Waals surface area contributed by atoms with Crippen molar-refractivity contribution in [3.8, 4) is 0 Å². The van der Waals surface area contributed by atoms with Gasteiger partial charge in [-0.2, -0.15) is 0 Å². The third kappa shape index (κ3) is 2.50. The molecule has 0 unspecified atom stereocenters. The van der Waals surface area contributed by atoms with E-state index >= 15 is 0 Å². The van der Waals surface area contributed by atoms with E-state index in [0.717, 1.165) is 11.3 Å². The Morgan fingerprint density at radius 2 is 1.89 bits per heavy atom. The Kier molecular flexibility index (Phi) is 3.60. The van der Waals surface area contributed by atoms with Crippen LogP contribution in [0.2, 0.25) is 5.15 Å². The molecule has 1 fully saturated rings. The molecule has 2 N–H and O–H groups in total. The summed E-state index contributed by atoms with van der Waals surface area (Å²) < 4.78 is 26.6. The first-order valence-corrected chi connectivity index (χ1v) is 6.48. The minimum absolute atomic E-state index is 0.131. The van der Waals surface area contributed by atoms with E-state index in [-0.39, 0.29) is 12.8 Å². The highest BCUT2D eigenvalue weighted by Crippen LogP contribution is 2.46. The molecule has 0 aromatic carbocycles. The van der Waals surface area contributed by atoms with Gasteiger partial charge in [-0.05, 0) is 31.4 Å². The van der Waals surface area contributed by atoms with Crippen molar-refractivity contribution in [2.24, 2.45) is 5.73 Å². The number of hydrogen-bond donors (Lipinski definition) is 1. The summed E-state index contributed by atoms with van der Waals surface area (Å²) in [6, 6.07) is 3.73. The van der Waals surface area contributed by atoms with E-state index in [2.05, 4.69) is 4.98 Å². The van der Waals surface area contributed by atoms with Crippen LogP contribution in [0.3, 0.4) is 0 Å². The van der Waals surface area contributed by atoms with Crippen LogP contribution in [-0.4, -0.2) is 17.5 Å². The third-order valence-corrected chi connectivity index (χ3v) is 4.18. The van der Waals surface area contributed by atoms with Gasteiger partial charge in [0.05, 0.1) is 0 Å². The van der Waals surface area contributed by atoms with Crippen molar-refractivity contribution < 1.29 is 8.78 Å². The fourth-order valence-electron chi connectivity index (χ4n) is 2.60. The number of pyridine rings is 1. The lowest BCUT2D eigenvalue weighted by molar-refractivity contribution is -0.0509. The summed E-state index contributed by atoms with van der Waals surface area (Å²) in [7, 11) is 0. The number of halogens is 3. The van der Waals surface area contributed by atoms with E-state index < -0.39 is 11.3 Å². The maximum Gasteiger partial charge on any atom is 0.248 e. The summed E-state index contributed by atoms with van der Waals surface area (Å²) in [5, 5.41) is 0.394. The van der Waals surface area contributed by atoms with Gasteiger partial charge in [0.25, 0.3) is 0 Å². The van der Waals surface area contributed by atoms with Crippen LogP contribution in [0, 0.1) is 6.92 Å². The number of aryl methyl sites for hydroxylation is 1. The normalized spacial score (nSPS) is 21.8. The van der Waals surface area contributed by atoms with Crippen LogP contribution >= 0.6 is 11.6 Å². The van der Waals surface area contributed by atoms with Crippen molar-refractivity contribution >= 4 is 11.6 Å². The fourth-order valence-corrected chi connectivity index (χ4v) is 3.00. The molecule has 0 aliphatic heterocycles. The number of nitrogens with zero attached hydrogens (tertiary/aromatic N) is 1. The van der Waals surface area contributed by atoms with Gasteiger partial charge < -0.3 is 5.73 Å². The minimum Gasteiger partial charge on any atom is -0.330 e. The lowest BCUT2D eigenvalue weighted by Gasteiger charge is -2.40.